The number of fused-ring (bicyclic) bond motifs is 2. The first-order valence-corrected chi connectivity index (χ1v) is 12.2. The first-order valence-electron chi connectivity index (χ1n) is 12.2. The maximum absolute atomic E-state index is 12.0. The molecule has 2 heterocycles. The highest BCUT2D eigenvalue weighted by molar-refractivity contribution is 5.76. The fourth-order valence-corrected chi connectivity index (χ4v) is 5.65. The summed E-state index contributed by atoms with van der Waals surface area (Å²) in [7, 11) is 0. The van der Waals surface area contributed by atoms with Crippen molar-refractivity contribution >= 4 is 5.97 Å². The second-order valence-corrected chi connectivity index (χ2v) is 9.85. The van der Waals surface area contributed by atoms with Crippen molar-refractivity contribution in [2.45, 2.75) is 69.9 Å². The molecular formula is C27H34O6. The van der Waals surface area contributed by atoms with E-state index in [2.05, 4.69) is 44.2 Å². The van der Waals surface area contributed by atoms with Gasteiger partial charge in [0.1, 0.15) is 6.10 Å². The van der Waals surface area contributed by atoms with Gasteiger partial charge in [0.2, 0.25) is 0 Å². The third-order valence-electron chi connectivity index (χ3n) is 7.47. The molecule has 2 saturated heterocycles. The van der Waals surface area contributed by atoms with Gasteiger partial charge in [0.25, 0.3) is 0 Å². The molecule has 5 rings (SSSR count). The Labute approximate surface area is 195 Å². The Morgan fingerprint density at radius 2 is 1.94 bits per heavy atom. The number of hydrogen-bond acceptors (Lipinski definition) is 6. The van der Waals surface area contributed by atoms with Crippen LogP contribution in [0.1, 0.15) is 61.1 Å². The summed E-state index contributed by atoms with van der Waals surface area (Å²) in [6.07, 6.45) is 6.55. The second-order valence-electron chi connectivity index (χ2n) is 9.85. The Balaban J connectivity index is 1.47. The molecule has 6 unspecified atom stereocenters. The third kappa shape index (κ3) is 4.80. The molecule has 6 nitrogen and oxygen atoms in total. The standard InChI is InChI=1S/C27H34O6/c1-16-3-5-20-18(11-16)13-19(14-32-24-7-9-30-26(24)28)21-6-4-17(2)12-22(21)23(20)15-33-25-8-10-31-27(25)29/h4,6,11-13,19-20,23-26,28H,3,5,7-10,14-15H2,1-2H3. The van der Waals surface area contributed by atoms with Crippen molar-refractivity contribution in [3.63, 3.8) is 0 Å². The van der Waals surface area contributed by atoms with Crippen LogP contribution in [0.3, 0.4) is 0 Å². The van der Waals surface area contributed by atoms with Crippen molar-refractivity contribution in [1.29, 1.82) is 0 Å². The summed E-state index contributed by atoms with van der Waals surface area (Å²) in [6.45, 7) is 6.27. The number of allylic oxidation sites excluding steroid dienone is 3. The number of aliphatic hydroxyl groups excluding tert-OH is 1. The van der Waals surface area contributed by atoms with E-state index in [9.17, 15) is 9.90 Å². The molecular weight excluding hydrogens is 420 g/mol. The molecule has 6 atom stereocenters. The van der Waals surface area contributed by atoms with Crippen molar-refractivity contribution in [2.75, 3.05) is 26.4 Å². The maximum atomic E-state index is 12.0. The van der Waals surface area contributed by atoms with Crippen LogP contribution < -0.4 is 0 Å². The van der Waals surface area contributed by atoms with E-state index < -0.39 is 12.4 Å². The number of ether oxygens (including phenoxy) is 4. The minimum atomic E-state index is -0.849. The Bertz CT molecular complexity index is 950. The van der Waals surface area contributed by atoms with E-state index >= 15 is 0 Å². The van der Waals surface area contributed by atoms with Gasteiger partial charge in [0.05, 0.1) is 26.4 Å². The van der Waals surface area contributed by atoms with Crippen molar-refractivity contribution in [2.24, 2.45) is 5.92 Å². The molecule has 2 aliphatic heterocycles. The highest BCUT2D eigenvalue weighted by atomic mass is 16.6. The zero-order valence-corrected chi connectivity index (χ0v) is 19.5. The first kappa shape index (κ1) is 22.8. The van der Waals surface area contributed by atoms with Crippen LogP contribution in [0, 0.1) is 12.8 Å². The monoisotopic (exact) mass is 454 g/mol. The van der Waals surface area contributed by atoms with Crippen LogP contribution in [-0.2, 0) is 23.7 Å². The third-order valence-corrected chi connectivity index (χ3v) is 7.47. The van der Waals surface area contributed by atoms with E-state index in [4.69, 9.17) is 18.9 Å². The van der Waals surface area contributed by atoms with Gasteiger partial charge in [-0.1, -0.05) is 41.5 Å². The maximum Gasteiger partial charge on any atom is 0.335 e. The van der Waals surface area contributed by atoms with E-state index in [0.29, 0.717) is 45.2 Å². The topological polar surface area (TPSA) is 74.2 Å². The van der Waals surface area contributed by atoms with Crippen molar-refractivity contribution in [3.8, 4) is 0 Å². The number of hydrogen-bond donors (Lipinski definition) is 1. The van der Waals surface area contributed by atoms with Crippen LogP contribution >= 0.6 is 0 Å². The second kappa shape index (κ2) is 9.71. The Hall–Kier alpha value is -1.99. The largest absolute Gasteiger partial charge is 0.464 e. The fraction of sp³-hybridized carbons (Fsp3) is 0.593. The molecule has 0 amide bonds. The SMILES string of the molecule is CC1=CC2=CC(COC3CCOC3O)c3ccc(C)cc3C(COC3CCOC3=O)C2CC1. The zero-order chi connectivity index (χ0) is 22.9. The summed E-state index contributed by atoms with van der Waals surface area (Å²) in [5.41, 5.74) is 6.45. The van der Waals surface area contributed by atoms with Gasteiger partial charge in [-0.15, -0.1) is 0 Å². The average Bonchev–Trinajstić information content (AvgIpc) is 3.37. The molecule has 0 aromatic heterocycles. The normalized spacial score (nSPS) is 33.6. The lowest BCUT2D eigenvalue weighted by Crippen LogP contribution is -2.27. The smallest absolute Gasteiger partial charge is 0.335 e. The number of esters is 1. The predicted octanol–water partition coefficient (Wildman–Crippen LogP) is 3.91. The lowest BCUT2D eigenvalue weighted by atomic mass is 9.75. The average molecular weight is 455 g/mol. The fourth-order valence-electron chi connectivity index (χ4n) is 5.65. The number of rotatable bonds is 6. The molecule has 0 radical (unpaired) electrons. The lowest BCUT2D eigenvalue weighted by molar-refractivity contribution is -0.147. The van der Waals surface area contributed by atoms with Crippen LogP contribution in [0.25, 0.3) is 0 Å². The number of aryl methyl sites for hydroxylation is 1. The Morgan fingerprint density at radius 3 is 2.70 bits per heavy atom. The number of carbonyl (C=O) groups excluding carboxylic acids is 1. The van der Waals surface area contributed by atoms with Crippen molar-refractivity contribution in [3.05, 3.63) is 58.2 Å². The Morgan fingerprint density at radius 1 is 1.06 bits per heavy atom. The molecule has 0 spiro atoms. The van der Waals surface area contributed by atoms with Gasteiger partial charge in [-0.3, -0.25) is 0 Å². The predicted molar refractivity (Wildman–Crippen MR) is 123 cm³/mol. The minimum absolute atomic E-state index is 0.0782. The van der Waals surface area contributed by atoms with Crippen LogP contribution in [0.4, 0.5) is 0 Å². The molecule has 1 aromatic rings. The van der Waals surface area contributed by atoms with Crippen LogP contribution in [0.15, 0.2) is 41.5 Å². The number of cyclic esters (lactones) is 1. The number of carbonyl (C=O) groups is 1. The van der Waals surface area contributed by atoms with E-state index in [1.165, 1.54) is 27.8 Å². The summed E-state index contributed by atoms with van der Waals surface area (Å²) in [6, 6.07) is 6.64. The van der Waals surface area contributed by atoms with Gasteiger partial charge in [-0.05, 0) is 49.3 Å². The zero-order valence-electron chi connectivity index (χ0n) is 19.5. The molecule has 1 aromatic carbocycles. The molecule has 6 heteroatoms. The first-order chi connectivity index (χ1) is 16.0. The van der Waals surface area contributed by atoms with E-state index in [1.807, 2.05) is 0 Å². The molecule has 0 saturated carbocycles. The van der Waals surface area contributed by atoms with Gasteiger partial charge >= 0.3 is 5.97 Å². The van der Waals surface area contributed by atoms with Gasteiger partial charge in [-0.2, -0.15) is 0 Å². The van der Waals surface area contributed by atoms with Crippen LogP contribution in [0.2, 0.25) is 0 Å². The summed E-state index contributed by atoms with van der Waals surface area (Å²) >= 11 is 0. The van der Waals surface area contributed by atoms with E-state index in [0.717, 1.165) is 12.8 Å². The molecule has 0 bridgehead atoms. The Kier molecular flexibility index (Phi) is 6.70. The highest BCUT2D eigenvalue weighted by Gasteiger charge is 2.37. The van der Waals surface area contributed by atoms with Gasteiger partial charge in [-0.25, -0.2) is 4.79 Å². The lowest BCUT2D eigenvalue weighted by Gasteiger charge is -2.32. The molecule has 2 fully saturated rings. The number of aliphatic hydroxyl groups is 1. The minimum Gasteiger partial charge on any atom is -0.464 e. The summed E-state index contributed by atoms with van der Waals surface area (Å²) < 4.78 is 22.7. The molecule has 4 aliphatic rings. The highest BCUT2D eigenvalue weighted by Crippen LogP contribution is 2.46. The van der Waals surface area contributed by atoms with Crippen LogP contribution in [-0.4, -0.2) is 56.0 Å². The van der Waals surface area contributed by atoms with E-state index in [1.54, 1.807) is 0 Å². The van der Waals surface area contributed by atoms with E-state index in [-0.39, 0.29) is 23.9 Å². The van der Waals surface area contributed by atoms with Gasteiger partial charge in [0, 0.05) is 24.7 Å². The van der Waals surface area contributed by atoms with Crippen molar-refractivity contribution < 1.29 is 28.8 Å². The molecule has 33 heavy (non-hydrogen) atoms. The van der Waals surface area contributed by atoms with Gasteiger partial charge in [0.15, 0.2) is 12.4 Å². The molecule has 1 N–H and O–H groups in total. The number of benzene rings is 1. The van der Waals surface area contributed by atoms with Gasteiger partial charge < -0.3 is 24.1 Å². The summed E-state index contributed by atoms with van der Waals surface area (Å²) in [5, 5.41) is 10.0. The molecule has 178 valence electrons. The molecule has 2 aliphatic carbocycles. The summed E-state index contributed by atoms with van der Waals surface area (Å²) in [4.78, 5) is 12.0. The van der Waals surface area contributed by atoms with Crippen molar-refractivity contribution in [1.82, 2.24) is 0 Å². The summed E-state index contributed by atoms with van der Waals surface area (Å²) in [5.74, 6) is 0.327. The van der Waals surface area contributed by atoms with Crippen LogP contribution in [0.5, 0.6) is 0 Å². The quantitative estimate of drug-likeness (QED) is 0.657.